The first-order chi connectivity index (χ1) is 10.3. The van der Waals surface area contributed by atoms with Crippen LogP contribution in [0.15, 0.2) is 47.1 Å². The van der Waals surface area contributed by atoms with Gasteiger partial charge in [-0.1, -0.05) is 12.1 Å². The van der Waals surface area contributed by atoms with Crippen LogP contribution >= 0.6 is 11.3 Å². The fourth-order valence-electron chi connectivity index (χ4n) is 1.97. The topological polar surface area (TPSA) is 67.2 Å². The molecule has 0 fully saturated rings. The molecule has 108 valence electrons. The maximum absolute atomic E-state index is 11.7. The molecule has 0 bridgehead atoms. The molecule has 21 heavy (non-hydrogen) atoms. The SMILES string of the molecule is O=C(NCCc1ccco1)NCc1nc2ccccc2s1. The van der Waals surface area contributed by atoms with Crippen LogP contribution in [0.1, 0.15) is 10.8 Å². The number of carbonyl (C=O) groups is 1. The lowest BCUT2D eigenvalue weighted by molar-refractivity contribution is 0.240. The minimum absolute atomic E-state index is 0.194. The van der Waals surface area contributed by atoms with Gasteiger partial charge >= 0.3 is 6.03 Å². The van der Waals surface area contributed by atoms with E-state index >= 15 is 0 Å². The van der Waals surface area contributed by atoms with E-state index in [-0.39, 0.29) is 6.03 Å². The second-order valence-corrected chi connectivity index (χ2v) is 5.63. The van der Waals surface area contributed by atoms with E-state index in [2.05, 4.69) is 15.6 Å². The summed E-state index contributed by atoms with van der Waals surface area (Å²) in [7, 11) is 0. The summed E-state index contributed by atoms with van der Waals surface area (Å²) in [5.74, 6) is 0.862. The first kappa shape index (κ1) is 13.6. The van der Waals surface area contributed by atoms with Crippen molar-refractivity contribution in [1.82, 2.24) is 15.6 Å². The van der Waals surface area contributed by atoms with Crippen molar-refractivity contribution in [3.8, 4) is 0 Å². The maximum atomic E-state index is 11.7. The molecule has 2 amide bonds. The summed E-state index contributed by atoms with van der Waals surface area (Å²) in [5, 5.41) is 6.50. The number of nitrogens with one attached hydrogen (secondary N) is 2. The van der Waals surface area contributed by atoms with Crippen molar-refractivity contribution in [2.24, 2.45) is 0 Å². The molecule has 5 nitrogen and oxygen atoms in total. The first-order valence-electron chi connectivity index (χ1n) is 6.70. The zero-order valence-electron chi connectivity index (χ0n) is 11.3. The highest BCUT2D eigenvalue weighted by Gasteiger charge is 2.05. The zero-order chi connectivity index (χ0) is 14.5. The lowest BCUT2D eigenvalue weighted by Gasteiger charge is -2.05. The van der Waals surface area contributed by atoms with Crippen LogP contribution in [0.5, 0.6) is 0 Å². The zero-order valence-corrected chi connectivity index (χ0v) is 12.2. The number of rotatable bonds is 5. The number of aromatic nitrogens is 1. The third kappa shape index (κ3) is 3.61. The Morgan fingerprint density at radius 3 is 2.90 bits per heavy atom. The second kappa shape index (κ2) is 6.41. The summed E-state index contributed by atoms with van der Waals surface area (Å²) in [5.41, 5.74) is 0.970. The number of hydrogen-bond acceptors (Lipinski definition) is 4. The van der Waals surface area contributed by atoms with Crippen molar-refractivity contribution in [3.05, 3.63) is 53.4 Å². The summed E-state index contributed by atoms with van der Waals surface area (Å²) >= 11 is 1.59. The molecule has 2 aromatic heterocycles. The van der Waals surface area contributed by atoms with Gasteiger partial charge in [0.1, 0.15) is 10.8 Å². The van der Waals surface area contributed by atoms with Gasteiger partial charge in [0.2, 0.25) is 0 Å². The van der Waals surface area contributed by atoms with Crippen LogP contribution in [-0.4, -0.2) is 17.6 Å². The molecule has 0 aliphatic rings. The normalized spacial score (nSPS) is 10.7. The van der Waals surface area contributed by atoms with E-state index in [1.807, 2.05) is 36.4 Å². The number of benzene rings is 1. The van der Waals surface area contributed by atoms with Gasteiger partial charge in [0, 0.05) is 13.0 Å². The first-order valence-corrected chi connectivity index (χ1v) is 7.51. The van der Waals surface area contributed by atoms with E-state index in [0.29, 0.717) is 19.5 Å². The van der Waals surface area contributed by atoms with Gasteiger partial charge in [-0.15, -0.1) is 11.3 Å². The van der Waals surface area contributed by atoms with E-state index in [4.69, 9.17) is 4.42 Å². The number of thiazole rings is 1. The van der Waals surface area contributed by atoms with Gasteiger partial charge in [-0.2, -0.15) is 0 Å². The van der Waals surface area contributed by atoms with Crippen molar-refractivity contribution in [2.75, 3.05) is 6.54 Å². The molecule has 0 aliphatic carbocycles. The average molecular weight is 301 g/mol. The highest BCUT2D eigenvalue weighted by atomic mass is 32.1. The molecule has 3 rings (SSSR count). The number of nitrogens with zero attached hydrogens (tertiary/aromatic N) is 1. The van der Waals surface area contributed by atoms with Gasteiger partial charge in [0.15, 0.2) is 0 Å². The van der Waals surface area contributed by atoms with Crippen molar-refractivity contribution < 1.29 is 9.21 Å². The van der Waals surface area contributed by atoms with Crippen molar-refractivity contribution in [1.29, 1.82) is 0 Å². The van der Waals surface area contributed by atoms with E-state index in [1.165, 1.54) is 0 Å². The number of amides is 2. The molecule has 0 unspecified atom stereocenters. The molecule has 3 aromatic rings. The van der Waals surface area contributed by atoms with Crippen molar-refractivity contribution >= 4 is 27.6 Å². The van der Waals surface area contributed by atoms with E-state index in [0.717, 1.165) is 21.0 Å². The van der Waals surface area contributed by atoms with Crippen LogP contribution in [0.4, 0.5) is 4.79 Å². The molecular weight excluding hydrogens is 286 g/mol. The van der Waals surface area contributed by atoms with Gasteiger partial charge in [-0.05, 0) is 24.3 Å². The highest BCUT2D eigenvalue weighted by Crippen LogP contribution is 2.21. The van der Waals surface area contributed by atoms with Crippen LogP contribution in [0, 0.1) is 0 Å². The van der Waals surface area contributed by atoms with Crippen LogP contribution in [-0.2, 0) is 13.0 Å². The lowest BCUT2D eigenvalue weighted by Crippen LogP contribution is -2.36. The Kier molecular flexibility index (Phi) is 4.16. The summed E-state index contributed by atoms with van der Waals surface area (Å²) < 4.78 is 6.33. The third-order valence-electron chi connectivity index (χ3n) is 2.98. The molecule has 0 aliphatic heterocycles. The van der Waals surface area contributed by atoms with E-state index in [9.17, 15) is 4.79 Å². The van der Waals surface area contributed by atoms with Gasteiger partial charge < -0.3 is 15.1 Å². The molecule has 0 saturated carbocycles. The van der Waals surface area contributed by atoms with Crippen LogP contribution in [0.3, 0.4) is 0 Å². The molecule has 2 heterocycles. The molecular formula is C15H15N3O2S. The quantitative estimate of drug-likeness (QED) is 0.761. The lowest BCUT2D eigenvalue weighted by atomic mass is 10.3. The molecule has 0 spiro atoms. The number of hydrogen-bond donors (Lipinski definition) is 2. The van der Waals surface area contributed by atoms with Gasteiger partial charge in [-0.3, -0.25) is 0 Å². The van der Waals surface area contributed by atoms with E-state index < -0.39 is 0 Å². The standard InChI is InChI=1S/C15H15N3O2S/c19-15(16-8-7-11-4-3-9-20-11)17-10-14-18-12-5-1-2-6-13(12)21-14/h1-6,9H,7-8,10H2,(H2,16,17,19). The number of urea groups is 1. The number of para-hydroxylation sites is 1. The predicted octanol–water partition coefficient (Wildman–Crippen LogP) is 2.93. The molecule has 1 aromatic carbocycles. The molecule has 0 saturated heterocycles. The number of furan rings is 1. The Morgan fingerprint density at radius 1 is 1.19 bits per heavy atom. The van der Waals surface area contributed by atoms with Gasteiger partial charge in [0.05, 0.1) is 23.0 Å². The van der Waals surface area contributed by atoms with Crippen LogP contribution < -0.4 is 10.6 Å². The minimum Gasteiger partial charge on any atom is -0.469 e. The Labute approximate surface area is 126 Å². The third-order valence-corrected chi connectivity index (χ3v) is 4.01. The maximum Gasteiger partial charge on any atom is 0.315 e. The summed E-state index contributed by atoms with van der Waals surface area (Å²) in [6.07, 6.45) is 2.31. The van der Waals surface area contributed by atoms with Crippen LogP contribution in [0.2, 0.25) is 0 Å². The van der Waals surface area contributed by atoms with Crippen molar-refractivity contribution in [2.45, 2.75) is 13.0 Å². The fourth-order valence-corrected chi connectivity index (χ4v) is 2.88. The monoisotopic (exact) mass is 301 g/mol. The highest BCUT2D eigenvalue weighted by molar-refractivity contribution is 7.18. The summed E-state index contributed by atoms with van der Waals surface area (Å²) in [6.45, 7) is 0.977. The van der Waals surface area contributed by atoms with Gasteiger partial charge in [-0.25, -0.2) is 9.78 Å². The molecule has 6 heteroatoms. The smallest absolute Gasteiger partial charge is 0.315 e. The Hall–Kier alpha value is -2.34. The van der Waals surface area contributed by atoms with Gasteiger partial charge in [0.25, 0.3) is 0 Å². The molecule has 0 atom stereocenters. The summed E-state index contributed by atoms with van der Waals surface area (Å²) in [6, 6.07) is 11.5. The molecule has 2 N–H and O–H groups in total. The fraction of sp³-hybridized carbons (Fsp3) is 0.200. The predicted molar refractivity (Wildman–Crippen MR) is 82.3 cm³/mol. The van der Waals surface area contributed by atoms with E-state index in [1.54, 1.807) is 17.6 Å². The average Bonchev–Trinajstić information content (AvgIpc) is 3.13. The second-order valence-electron chi connectivity index (χ2n) is 4.51. The Bertz CT molecular complexity index is 688. The number of fused-ring (bicyclic) bond motifs is 1. The van der Waals surface area contributed by atoms with Crippen molar-refractivity contribution in [3.63, 3.8) is 0 Å². The number of carbonyl (C=O) groups excluding carboxylic acids is 1. The molecule has 0 radical (unpaired) electrons. The Morgan fingerprint density at radius 2 is 2.10 bits per heavy atom. The summed E-state index contributed by atoms with van der Waals surface area (Å²) in [4.78, 5) is 16.2. The Balaban J connectivity index is 1.44. The largest absolute Gasteiger partial charge is 0.469 e. The minimum atomic E-state index is -0.194. The van der Waals surface area contributed by atoms with Crippen LogP contribution in [0.25, 0.3) is 10.2 Å².